The largest absolute Gasteiger partial charge is 0.505 e. The van der Waals surface area contributed by atoms with Crippen molar-refractivity contribution in [1.82, 2.24) is 9.88 Å². The first-order valence-corrected chi connectivity index (χ1v) is 8.53. The van der Waals surface area contributed by atoms with E-state index in [9.17, 15) is 27.9 Å². The third kappa shape index (κ3) is 3.33. The van der Waals surface area contributed by atoms with E-state index >= 15 is 0 Å². The summed E-state index contributed by atoms with van der Waals surface area (Å²) in [6.07, 6.45) is -0.0979. The fourth-order valence-corrected chi connectivity index (χ4v) is 3.15. The maximum atomic E-state index is 14.0. The van der Waals surface area contributed by atoms with Crippen molar-refractivity contribution in [3.8, 4) is 5.75 Å². The van der Waals surface area contributed by atoms with Crippen molar-refractivity contribution in [2.75, 3.05) is 6.54 Å². The van der Waals surface area contributed by atoms with E-state index < -0.39 is 29.1 Å². The predicted molar refractivity (Wildman–Crippen MR) is 96.8 cm³/mol. The third-order valence-electron chi connectivity index (χ3n) is 4.48. The highest BCUT2D eigenvalue weighted by molar-refractivity contribution is 6.05. The third-order valence-corrected chi connectivity index (χ3v) is 4.48. The van der Waals surface area contributed by atoms with E-state index in [1.54, 1.807) is 13.8 Å². The van der Waals surface area contributed by atoms with Gasteiger partial charge in [0.15, 0.2) is 23.2 Å². The van der Waals surface area contributed by atoms with Crippen LogP contribution in [-0.4, -0.2) is 28.0 Å². The number of rotatable bonds is 4. The minimum absolute atomic E-state index is 0.0979. The van der Waals surface area contributed by atoms with Crippen LogP contribution in [0.2, 0.25) is 0 Å². The lowest BCUT2D eigenvalue weighted by Crippen LogP contribution is -2.24. The molecule has 0 saturated heterocycles. The number of phenols is 1. The van der Waals surface area contributed by atoms with Crippen LogP contribution in [-0.2, 0) is 11.2 Å². The molecular weight excluding hydrogens is 373 g/mol. The topological polar surface area (TPSA) is 71.3 Å². The zero-order valence-corrected chi connectivity index (χ0v) is 15.1. The van der Waals surface area contributed by atoms with Crippen LogP contribution in [0.4, 0.5) is 13.2 Å². The molecule has 0 unspecified atom stereocenters. The Balaban J connectivity index is 2.22. The quantitative estimate of drug-likeness (QED) is 0.717. The Hall–Kier alpha value is -3.29. The molecule has 0 aliphatic heterocycles. The van der Waals surface area contributed by atoms with Crippen LogP contribution < -0.4 is 5.32 Å². The number of hydrogen-bond donors (Lipinski definition) is 2. The summed E-state index contributed by atoms with van der Waals surface area (Å²) >= 11 is 0. The van der Waals surface area contributed by atoms with Crippen LogP contribution in [0.15, 0.2) is 30.3 Å². The molecule has 3 rings (SSSR count). The minimum Gasteiger partial charge on any atom is -0.505 e. The van der Waals surface area contributed by atoms with Gasteiger partial charge in [-0.05, 0) is 43.7 Å². The highest BCUT2D eigenvalue weighted by atomic mass is 19.2. The van der Waals surface area contributed by atoms with Crippen molar-refractivity contribution in [2.24, 2.45) is 0 Å². The lowest BCUT2D eigenvalue weighted by molar-refractivity contribution is -0.120. The number of hydrogen-bond acceptors (Lipinski definition) is 3. The zero-order valence-electron chi connectivity index (χ0n) is 15.1. The molecule has 0 aliphatic carbocycles. The lowest BCUT2D eigenvalue weighted by Gasteiger charge is -2.08. The van der Waals surface area contributed by atoms with Crippen molar-refractivity contribution in [1.29, 1.82) is 0 Å². The number of phenolic OH excluding ortho intramolecular Hbond substituents is 1. The number of benzene rings is 2. The Labute approximate surface area is 158 Å². The molecule has 28 heavy (non-hydrogen) atoms. The van der Waals surface area contributed by atoms with Gasteiger partial charge in [-0.2, -0.15) is 0 Å². The summed E-state index contributed by atoms with van der Waals surface area (Å²) in [7, 11) is 0. The Morgan fingerprint density at radius 3 is 2.43 bits per heavy atom. The Morgan fingerprint density at radius 2 is 1.79 bits per heavy atom. The van der Waals surface area contributed by atoms with Crippen LogP contribution >= 0.6 is 0 Å². The normalized spacial score (nSPS) is 11.0. The zero-order chi connectivity index (χ0) is 20.6. The second-order valence-electron chi connectivity index (χ2n) is 6.28. The number of carbonyl (C=O) groups excluding carboxylic acids is 2. The van der Waals surface area contributed by atoms with Crippen molar-refractivity contribution in [3.05, 3.63) is 64.6 Å². The van der Waals surface area contributed by atoms with E-state index in [1.807, 2.05) is 0 Å². The van der Waals surface area contributed by atoms with Gasteiger partial charge in [0, 0.05) is 29.3 Å². The average Bonchev–Trinajstić information content (AvgIpc) is 2.89. The van der Waals surface area contributed by atoms with Crippen LogP contribution in [0.5, 0.6) is 5.75 Å². The molecule has 2 aromatic carbocycles. The van der Waals surface area contributed by atoms with Gasteiger partial charge in [-0.3, -0.25) is 14.2 Å². The number of nitrogens with one attached hydrogen (secondary N) is 1. The first-order chi connectivity index (χ1) is 13.2. The van der Waals surface area contributed by atoms with Crippen LogP contribution in [0.1, 0.15) is 28.5 Å². The number of carbonyl (C=O) groups is 2. The van der Waals surface area contributed by atoms with Gasteiger partial charge in [0.05, 0.1) is 11.9 Å². The molecule has 1 aromatic heterocycles. The molecular formula is C20H17F3N2O3. The van der Waals surface area contributed by atoms with Gasteiger partial charge in [0.2, 0.25) is 5.91 Å². The Morgan fingerprint density at radius 1 is 1.07 bits per heavy atom. The van der Waals surface area contributed by atoms with Gasteiger partial charge in [0.25, 0.3) is 5.91 Å². The summed E-state index contributed by atoms with van der Waals surface area (Å²) < 4.78 is 41.9. The molecule has 0 bridgehead atoms. The van der Waals surface area contributed by atoms with Gasteiger partial charge < -0.3 is 10.4 Å². The number of amides is 1. The first kappa shape index (κ1) is 19.5. The molecule has 0 aliphatic rings. The monoisotopic (exact) mass is 390 g/mol. The average molecular weight is 390 g/mol. The number of halogens is 3. The molecule has 1 amide bonds. The smallest absolute Gasteiger partial charge is 0.262 e. The number of aromatic nitrogens is 1. The number of aromatic hydroxyl groups is 1. The molecule has 3 aromatic rings. The predicted octanol–water partition coefficient (Wildman–Crippen LogP) is 3.44. The summed E-state index contributed by atoms with van der Waals surface area (Å²) in [5, 5.41) is 12.7. The molecule has 0 radical (unpaired) electrons. The van der Waals surface area contributed by atoms with Crippen molar-refractivity contribution in [3.63, 3.8) is 0 Å². The summed E-state index contributed by atoms with van der Waals surface area (Å²) in [6, 6.07) is 4.80. The molecule has 8 heteroatoms. The fraction of sp³-hybridized carbons (Fsp3) is 0.200. The highest BCUT2D eigenvalue weighted by Crippen LogP contribution is 2.32. The van der Waals surface area contributed by atoms with E-state index in [-0.39, 0.29) is 23.4 Å². The molecule has 5 nitrogen and oxygen atoms in total. The van der Waals surface area contributed by atoms with E-state index in [0.29, 0.717) is 23.2 Å². The number of likely N-dealkylation sites (N-methyl/N-ethyl adjacent to an activating group) is 1. The molecule has 2 N–H and O–H groups in total. The summed E-state index contributed by atoms with van der Waals surface area (Å²) in [6.45, 7) is 3.72. The maximum Gasteiger partial charge on any atom is 0.262 e. The molecule has 146 valence electrons. The van der Waals surface area contributed by atoms with Gasteiger partial charge in [-0.15, -0.1) is 0 Å². The van der Waals surface area contributed by atoms with Gasteiger partial charge in [-0.25, -0.2) is 13.2 Å². The highest BCUT2D eigenvalue weighted by Gasteiger charge is 2.23. The van der Waals surface area contributed by atoms with E-state index in [0.717, 1.165) is 34.9 Å². The standard InChI is InChI=1S/C20H17F3N2O3/c1-3-24-19(27)8-12-10(2)25(17-9-16(23)18(26)7-13(12)17)20(28)11-4-5-14(21)15(22)6-11/h4-7,9,26H,3,8H2,1-2H3,(H,24,27). The molecule has 0 saturated carbocycles. The maximum absolute atomic E-state index is 14.0. The second-order valence-corrected chi connectivity index (χ2v) is 6.28. The summed E-state index contributed by atoms with van der Waals surface area (Å²) in [4.78, 5) is 25.0. The van der Waals surface area contributed by atoms with Gasteiger partial charge in [-0.1, -0.05) is 0 Å². The minimum atomic E-state index is -1.19. The fourth-order valence-electron chi connectivity index (χ4n) is 3.15. The number of nitrogens with zero attached hydrogens (tertiary/aromatic N) is 1. The van der Waals surface area contributed by atoms with E-state index in [2.05, 4.69) is 5.32 Å². The Kier molecular flexibility index (Phi) is 5.13. The SMILES string of the molecule is CCNC(=O)Cc1c(C)n(C(=O)c2ccc(F)c(F)c2)c2cc(F)c(O)cc12. The summed E-state index contributed by atoms with van der Waals surface area (Å²) in [5.74, 6) is -4.89. The Bertz CT molecular complexity index is 1110. The van der Waals surface area contributed by atoms with Gasteiger partial charge in [0.1, 0.15) is 0 Å². The molecule has 0 spiro atoms. The van der Waals surface area contributed by atoms with E-state index in [4.69, 9.17) is 0 Å². The van der Waals surface area contributed by atoms with Crippen molar-refractivity contribution < 1.29 is 27.9 Å². The van der Waals surface area contributed by atoms with Gasteiger partial charge >= 0.3 is 0 Å². The van der Waals surface area contributed by atoms with E-state index in [1.165, 1.54) is 0 Å². The number of fused-ring (bicyclic) bond motifs is 1. The molecule has 1 heterocycles. The van der Waals surface area contributed by atoms with Crippen molar-refractivity contribution >= 4 is 22.7 Å². The van der Waals surface area contributed by atoms with Crippen LogP contribution in [0, 0.1) is 24.4 Å². The molecule has 0 atom stereocenters. The molecule has 0 fully saturated rings. The van der Waals surface area contributed by atoms with Crippen molar-refractivity contribution in [2.45, 2.75) is 20.3 Å². The van der Waals surface area contributed by atoms with Crippen LogP contribution in [0.25, 0.3) is 10.9 Å². The lowest BCUT2D eigenvalue weighted by atomic mass is 10.1. The second kappa shape index (κ2) is 7.38. The summed E-state index contributed by atoms with van der Waals surface area (Å²) in [5.41, 5.74) is 0.729. The first-order valence-electron chi connectivity index (χ1n) is 8.53. The van der Waals surface area contributed by atoms with Crippen LogP contribution in [0.3, 0.4) is 0 Å².